The van der Waals surface area contributed by atoms with Gasteiger partial charge < -0.3 is 14.2 Å². The van der Waals surface area contributed by atoms with Crippen molar-refractivity contribution in [2.45, 2.75) is 26.2 Å². The monoisotopic (exact) mass is 314 g/mol. The number of hydrogen-bond acceptors (Lipinski definition) is 4. The molecule has 0 bridgehead atoms. The minimum absolute atomic E-state index is 0.138. The maximum atomic E-state index is 12.0. The molecule has 0 aromatic heterocycles. The minimum Gasteiger partial charge on any atom is -0.497 e. The van der Waals surface area contributed by atoms with Crippen molar-refractivity contribution in [2.24, 2.45) is 0 Å². The molecule has 0 saturated carbocycles. The van der Waals surface area contributed by atoms with E-state index in [0.29, 0.717) is 17.4 Å². The molecular formula is C19H22O4. The molecule has 0 aliphatic heterocycles. The van der Waals surface area contributed by atoms with Crippen LogP contribution in [0.5, 0.6) is 17.2 Å². The zero-order chi connectivity index (χ0) is 16.7. The molecule has 0 fully saturated rings. The molecule has 2 aromatic carbocycles. The van der Waals surface area contributed by atoms with E-state index in [4.69, 9.17) is 14.2 Å². The Bertz CT molecular complexity index is 634. The molecule has 4 nitrogen and oxygen atoms in total. The lowest BCUT2D eigenvalue weighted by molar-refractivity contribution is -0.136. The van der Waals surface area contributed by atoms with Crippen LogP contribution in [-0.4, -0.2) is 19.7 Å². The van der Waals surface area contributed by atoms with Gasteiger partial charge in [-0.2, -0.15) is 0 Å². The highest BCUT2D eigenvalue weighted by Crippen LogP contribution is 2.28. The van der Waals surface area contributed by atoms with Crippen LogP contribution in [0, 0.1) is 0 Å². The second-order valence-electron chi connectivity index (χ2n) is 5.29. The van der Waals surface area contributed by atoms with E-state index < -0.39 is 5.97 Å². The highest BCUT2D eigenvalue weighted by atomic mass is 16.6. The topological polar surface area (TPSA) is 44.8 Å². The molecule has 0 aliphatic carbocycles. The highest BCUT2D eigenvalue weighted by molar-refractivity contribution is 5.74. The Morgan fingerprint density at radius 2 is 1.70 bits per heavy atom. The third kappa shape index (κ3) is 4.74. The Morgan fingerprint density at radius 3 is 2.35 bits per heavy atom. The smallest absolute Gasteiger partial charge is 0.349 e. The molecule has 2 aromatic rings. The number of benzene rings is 2. The summed E-state index contributed by atoms with van der Waals surface area (Å²) in [7, 11) is 1.60. The summed E-state index contributed by atoms with van der Waals surface area (Å²) in [5.41, 5.74) is 1.03. The highest BCUT2D eigenvalue weighted by Gasteiger charge is 2.13. The molecule has 0 N–H and O–H groups in total. The fraction of sp³-hybridized carbons (Fsp3) is 0.316. The van der Waals surface area contributed by atoms with Gasteiger partial charge in [0.1, 0.15) is 17.2 Å². The van der Waals surface area contributed by atoms with Crippen molar-refractivity contribution < 1.29 is 19.0 Å². The third-order valence-corrected chi connectivity index (χ3v) is 3.70. The maximum absolute atomic E-state index is 12.0. The van der Waals surface area contributed by atoms with Gasteiger partial charge in [0.25, 0.3) is 0 Å². The van der Waals surface area contributed by atoms with Crippen LogP contribution in [0.1, 0.15) is 31.7 Å². The lowest BCUT2D eigenvalue weighted by Gasteiger charge is -2.14. The van der Waals surface area contributed by atoms with Crippen LogP contribution >= 0.6 is 0 Å². The number of carbonyl (C=O) groups excluding carboxylic acids is 1. The van der Waals surface area contributed by atoms with E-state index in [1.165, 1.54) is 0 Å². The number of hydrogen-bond donors (Lipinski definition) is 0. The number of para-hydroxylation sites is 1. The quantitative estimate of drug-likeness (QED) is 0.568. The van der Waals surface area contributed by atoms with Crippen LogP contribution in [0.4, 0.5) is 0 Å². The van der Waals surface area contributed by atoms with Crippen molar-refractivity contribution in [3.63, 3.8) is 0 Å². The zero-order valence-corrected chi connectivity index (χ0v) is 13.7. The van der Waals surface area contributed by atoms with Gasteiger partial charge in [-0.05, 0) is 48.2 Å². The molecule has 0 amide bonds. The van der Waals surface area contributed by atoms with Crippen LogP contribution in [0.2, 0.25) is 0 Å². The Labute approximate surface area is 137 Å². The molecule has 2 rings (SSSR count). The first kappa shape index (κ1) is 16.9. The molecule has 1 atom stereocenters. The SMILES string of the molecule is CCC(C)c1ccccc1OC(=O)COc1ccc(OC)cc1. The Balaban J connectivity index is 1.94. The molecule has 23 heavy (non-hydrogen) atoms. The molecule has 0 saturated heterocycles. The summed E-state index contributed by atoms with van der Waals surface area (Å²) < 4.78 is 16.0. The zero-order valence-electron chi connectivity index (χ0n) is 13.7. The van der Waals surface area contributed by atoms with E-state index in [0.717, 1.165) is 17.7 Å². The summed E-state index contributed by atoms with van der Waals surface area (Å²) in [6.45, 7) is 4.08. The number of esters is 1. The van der Waals surface area contributed by atoms with E-state index >= 15 is 0 Å². The lowest BCUT2D eigenvalue weighted by Crippen LogP contribution is -2.18. The van der Waals surface area contributed by atoms with Gasteiger partial charge in [0, 0.05) is 0 Å². The fourth-order valence-electron chi connectivity index (χ4n) is 2.17. The van der Waals surface area contributed by atoms with Crippen LogP contribution in [-0.2, 0) is 4.79 Å². The summed E-state index contributed by atoms with van der Waals surface area (Å²) in [4.78, 5) is 12.0. The van der Waals surface area contributed by atoms with E-state index in [1.807, 2.05) is 24.3 Å². The van der Waals surface area contributed by atoms with E-state index in [9.17, 15) is 4.79 Å². The molecule has 0 aliphatic rings. The standard InChI is InChI=1S/C19H22O4/c1-4-14(2)17-7-5-6-8-18(17)23-19(20)13-22-16-11-9-15(21-3)10-12-16/h5-12,14H,4,13H2,1-3H3. The van der Waals surface area contributed by atoms with Gasteiger partial charge in [-0.25, -0.2) is 4.79 Å². The van der Waals surface area contributed by atoms with Gasteiger partial charge in [0.2, 0.25) is 0 Å². The van der Waals surface area contributed by atoms with Crippen molar-refractivity contribution in [1.29, 1.82) is 0 Å². The maximum Gasteiger partial charge on any atom is 0.349 e. The first-order valence-electron chi connectivity index (χ1n) is 7.70. The van der Waals surface area contributed by atoms with E-state index in [2.05, 4.69) is 13.8 Å². The number of methoxy groups -OCH3 is 1. The number of ether oxygens (including phenoxy) is 3. The van der Waals surface area contributed by atoms with Gasteiger partial charge in [0.15, 0.2) is 6.61 Å². The fourth-order valence-corrected chi connectivity index (χ4v) is 2.17. The lowest BCUT2D eigenvalue weighted by atomic mass is 9.98. The molecule has 122 valence electrons. The first-order chi connectivity index (χ1) is 11.1. The normalized spacial score (nSPS) is 11.6. The van der Waals surface area contributed by atoms with E-state index in [1.54, 1.807) is 31.4 Å². The summed E-state index contributed by atoms with van der Waals surface area (Å²) in [6, 6.07) is 14.7. The van der Waals surface area contributed by atoms with Crippen molar-refractivity contribution in [3.05, 3.63) is 54.1 Å². The average Bonchev–Trinajstić information content (AvgIpc) is 2.60. The summed E-state index contributed by atoms with van der Waals surface area (Å²) in [6.07, 6.45) is 0.983. The molecule has 0 spiro atoms. The van der Waals surface area contributed by atoms with Crippen molar-refractivity contribution in [1.82, 2.24) is 0 Å². The largest absolute Gasteiger partial charge is 0.497 e. The Hall–Kier alpha value is -2.49. The van der Waals surface area contributed by atoms with Crippen molar-refractivity contribution in [2.75, 3.05) is 13.7 Å². The second-order valence-corrected chi connectivity index (χ2v) is 5.29. The minimum atomic E-state index is -0.420. The summed E-state index contributed by atoms with van der Waals surface area (Å²) >= 11 is 0. The van der Waals surface area contributed by atoms with Crippen molar-refractivity contribution >= 4 is 5.97 Å². The van der Waals surface area contributed by atoms with Gasteiger partial charge in [-0.3, -0.25) is 0 Å². The Kier molecular flexibility index (Phi) is 6.03. The molecule has 4 heteroatoms. The van der Waals surface area contributed by atoms with Gasteiger partial charge >= 0.3 is 5.97 Å². The molecule has 0 heterocycles. The van der Waals surface area contributed by atoms with Gasteiger partial charge in [-0.15, -0.1) is 0 Å². The van der Waals surface area contributed by atoms with Crippen LogP contribution < -0.4 is 14.2 Å². The summed E-state index contributed by atoms with van der Waals surface area (Å²) in [5, 5.41) is 0. The average molecular weight is 314 g/mol. The summed E-state index contributed by atoms with van der Waals surface area (Å²) in [5.74, 6) is 1.85. The van der Waals surface area contributed by atoms with Gasteiger partial charge in [0.05, 0.1) is 7.11 Å². The molecular weight excluding hydrogens is 292 g/mol. The number of rotatable bonds is 7. The molecule has 0 radical (unpaired) electrons. The molecule has 1 unspecified atom stereocenters. The Morgan fingerprint density at radius 1 is 1.04 bits per heavy atom. The van der Waals surface area contributed by atoms with Gasteiger partial charge in [-0.1, -0.05) is 32.0 Å². The third-order valence-electron chi connectivity index (χ3n) is 3.70. The first-order valence-corrected chi connectivity index (χ1v) is 7.70. The van der Waals surface area contributed by atoms with Crippen molar-refractivity contribution in [3.8, 4) is 17.2 Å². The predicted octanol–water partition coefficient (Wildman–Crippen LogP) is 4.19. The van der Waals surface area contributed by atoms with Crippen LogP contribution in [0.15, 0.2) is 48.5 Å². The predicted molar refractivity (Wildman–Crippen MR) is 89.3 cm³/mol. The number of carbonyl (C=O) groups is 1. The van der Waals surface area contributed by atoms with E-state index in [-0.39, 0.29) is 6.61 Å². The van der Waals surface area contributed by atoms with Crippen LogP contribution in [0.3, 0.4) is 0 Å². The van der Waals surface area contributed by atoms with Crippen LogP contribution in [0.25, 0.3) is 0 Å². The second kappa shape index (κ2) is 8.22.